The topological polar surface area (TPSA) is 103 Å². The summed E-state index contributed by atoms with van der Waals surface area (Å²) in [4.78, 5) is 34.4. The Morgan fingerprint density at radius 3 is 2.58 bits per heavy atom. The van der Waals surface area contributed by atoms with Crippen molar-refractivity contribution in [1.29, 1.82) is 0 Å². The van der Waals surface area contributed by atoms with Crippen LogP contribution in [0.4, 0.5) is 9.59 Å². The minimum Gasteiger partial charge on any atom is -0.445 e. The molecule has 1 saturated heterocycles. The smallest absolute Gasteiger partial charge is 0.445 e. The predicted molar refractivity (Wildman–Crippen MR) is 83.5 cm³/mol. The Labute approximate surface area is 143 Å². The number of carbonyl (C=O) groups is 3. The highest BCUT2D eigenvalue weighted by Crippen LogP contribution is 2.08. The number of β-lactam (4-membered cyclic amide) rings is 1. The van der Waals surface area contributed by atoms with E-state index in [-0.39, 0.29) is 31.6 Å². The van der Waals surface area contributed by atoms with Gasteiger partial charge in [-0.3, -0.25) is 4.79 Å². The molecule has 2 atom stereocenters. The molecule has 2 N–H and O–H groups in total. The lowest BCUT2D eigenvalue weighted by molar-refractivity contribution is -0.133. The van der Waals surface area contributed by atoms with Crippen molar-refractivity contribution in [1.82, 2.24) is 10.6 Å². The van der Waals surface area contributed by atoms with E-state index in [1.807, 2.05) is 30.3 Å². The molecule has 9 heteroatoms. The van der Waals surface area contributed by atoms with Gasteiger partial charge < -0.3 is 24.8 Å². The number of hydrogen-bond acceptors (Lipinski definition) is 6. The second kappa shape index (κ2) is 8.97. The summed E-state index contributed by atoms with van der Waals surface area (Å²) in [5, 5.41) is 4.94. The Hall–Kier alpha value is -2.48. The van der Waals surface area contributed by atoms with Crippen LogP contribution in [0, 0.1) is 0 Å². The molecule has 1 aliphatic heterocycles. The standard InChI is InChI=1S/C15H17ClN2O6/c16-6-7-22-15(21)24-9-11-12(13(19)17-11)18-14(20)23-8-10-4-2-1-3-5-10/h1-5,11-12H,6-9H2,(H,17,19)(H,18,20)/t11-,12+/m1/s1. The predicted octanol–water partition coefficient (Wildman–Crippen LogP) is 1.17. The van der Waals surface area contributed by atoms with Crippen LogP contribution in [0.25, 0.3) is 0 Å². The van der Waals surface area contributed by atoms with Gasteiger partial charge in [0.05, 0.1) is 11.9 Å². The van der Waals surface area contributed by atoms with Crippen LogP contribution in [0.5, 0.6) is 0 Å². The molecule has 8 nitrogen and oxygen atoms in total. The lowest BCUT2D eigenvalue weighted by atomic mass is 10.0. The third-order valence-corrected chi connectivity index (χ3v) is 3.33. The van der Waals surface area contributed by atoms with Crippen LogP contribution >= 0.6 is 11.6 Å². The van der Waals surface area contributed by atoms with Crippen LogP contribution in [0.15, 0.2) is 30.3 Å². The normalized spacial score (nSPS) is 18.8. The lowest BCUT2D eigenvalue weighted by Gasteiger charge is -2.35. The second-order valence-electron chi connectivity index (χ2n) is 4.90. The van der Waals surface area contributed by atoms with E-state index in [1.54, 1.807) is 0 Å². The van der Waals surface area contributed by atoms with E-state index in [1.165, 1.54) is 0 Å². The molecule has 2 rings (SSSR count). The van der Waals surface area contributed by atoms with Crippen molar-refractivity contribution in [2.75, 3.05) is 19.1 Å². The molecule has 1 aromatic carbocycles. The van der Waals surface area contributed by atoms with E-state index in [4.69, 9.17) is 21.1 Å². The summed E-state index contributed by atoms with van der Waals surface area (Å²) in [6.45, 7) is -0.00563. The largest absolute Gasteiger partial charge is 0.508 e. The summed E-state index contributed by atoms with van der Waals surface area (Å²) < 4.78 is 14.5. The van der Waals surface area contributed by atoms with Crippen molar-refractivity contribution in [2.24, 2.45) is 0 Å². The summed E-state index contributed by atoms with van der Waals surface area (Å²) in [5.74, 6) is -0.221. The van der Waals surface area contributed by atoms with Crippen LogP contribution in [0.3, 0.4) is 0 Å². The minimum absolute atomic E-state index is 0.0326. The number of alkyl carbamates (subject to hydrolysis) is 1. The van der Waals surface area contributed by atoms with E-state index < -0.39 is 24.3 Å². The third-order valence-electron chi connectivity index (χ3n) is 3.18. The Morgan fingerprint density at radius 1 is 1.17 bits per heavy atom. The number of alkyl halides is 1. The number of carbonyl (C=O) groups excluding carboxylic acids is 3. The molecule has 24 heavy (non-hydrogen) atoms. The van der Waals surface area contributed by atoms with E-state index >= 15 is 0 Å². The number of hydrogen-bond donors (Lipinski definition) is 2. The van der Waals surface area contributed by atoms with Crippen molar-refractivity contribution in [3.8, 4) is 0 Å². The molecule has 0 unspecified atom stereocenters. The van der Waals surface area contributed by atoms with Gasteiger partial charge in [0.15, 0.2) is 0 Å². The molecule has 1 heterocycles. The van der Waals surface area contributed by atoms with Crippen LogP contribution in [-0.4, -0.2) is 49.3 Å². The summed E-state index contributed by atoms with van der Waals surface area (Å²) >= 11 is 5.37. The summed E-state index contributed by atoms with van der Waals surface area (Å²) in [6.07, 6.45) is -1.62. The van der Waals surface area contributed by atoms with Gasteiger partial charge in [-0.05, 0) is 5.56 Å². The molecule has 1 aromatic rings. The summed E-state index contributed by atoms with van der Waals surface area (Å²) in [6, 6.07) is 7.77. The average molecular weight is 357 g/mol. The molecule has 0 radical (unpaired) electrons. The number of ether oxygens (including phenoxy) is 3. The van der Waals surface area contributed by atoms with Crippen LogP contribution in [-0.2, 0) is 25.6 Å². The van der Waals surface area contributed by atoms with Gasteiger partial charge in [-0.1, -0.05) is 30.3 Å². The van der Waals surface area contributed by atoms with E-state index in [2.05, 4.69) is 15.4 Å². The maximum Gasteiger partial charge on any atom is 0.508 e. The van der Waals surface area contributed by atoms with E-state index in [9.17, 15) is 14.4 Å². The van der Waals surface area contributed by atoms with Gasteiger partial charge >= 0.3 is 12.2 Å². The average Bonchev–Trinajstić information content (AvgIpc) is 2.60. The molecule has 0 bridgehead atoms. The van der Waals surface area contributed by atoms with Gasteiger partial charge in [0.2, 0.25) is 5.91 Å². The molecular weight excluding hydrogens is 340 g/mol. The number of amides is 2. The van der Waals surface area contributed by atoms with Gasteiger partial charge in [-0.2, -0.15) is 0 Å². The fourth-order valence-corrected chi connectivity index (χ4v) is 2.04. The van der Waals surface area contributed by atoms with E-state index in [0.717, 1.165) is 5.56 Å². The van der Waals surface area contributed by atoms with Gasteiger partial charge in [-0.25, -0.2) is 9.59 Å². The summed E-state index contributed by atoms with van der Waals surface area (Å²) in [7, 11) is 0. The molecule has 0 saturated carbocycles. The first-order valence-electron chi connectivity index (χ1n) is 7.23. The lowest BCUT2D eigenvalue weighted by Crippen LogP contribution is -2.70. The quantitative estimate of drug-likeness (QED) is 0.432. The second-order valence-corrected chi connectivity index (χ2v) is 5.28. The molecule has 0 aliphatic carbocycles. The van der Waals surface area contributed by atoms with Crippen molar-refractivity contribution in [3.63, 3.8) is 0 Å². The number of nitrogens with one attached hydrogen (secondary N) is 2. The maximum absolute atomic E-state index is 11.7. The van der Waals surface area contributed by atoms with Crippen molar-refractivity contribution >= 4 is 29.8 Å². The van der Waals surface area contributed by atoms with Crippen molar-refractivity contribution in [2.45, 2.75) is 18.7 Å². The van der Waals surface area contributed by atoms with E-state index in [0.29, 0.717) is 0 Å². The zero-order valence-electron chi connectivity index (χ0n) is 12.7. The van der Waals surface area contributed by atoms with Crippen molar-refractivity contribution < 1.29 is 28.6 Å². The molecular formula is C15H17ClN2O6. The first kappa shape index (κ1) is 17.9. The van der Waals surface area contributed by atoms with Crippen LogP contribution < -0.4 is 10.6 Å². The zero-order chi connectivity index (χ0) is 17.4. The van der Waals surface area contributed by atoms with Gasteiger partial charge in [0.25, 0.3) is 0 Å². The first-order chi connectivity index (χ1) is 11.6. The molecule has 1 fully saturated rings. The minimum atomic E-state index is -0.887. The van der Waals surface area contributed by atoms with Gasteiger partial charge in [0.1, 0.15) is 25.9 Å². The Kier molecular flexibility index (Phi) is 6.68. The number of halogens is 1. The molecule has 0 aromatic heterocycles. The molecule has 2 amide bonds. The zero-order valence-corrected chi connectivity index (χ0v) is 13.5. The molecule has 0 spiro atoms. The maximum atomic E-state index is 11.7. The Balaban J connectivity index is 1.71. The summed E-state index contributed by atoms with van der Waals surface area (Å²) in [5.41, 5.74) is 0.827. The van der Waals surface area contributed by atoms with Gasteiger partial charge in [0, 0.05) is 0 Å². The third kappa shape index (κ3) is 5.31. The molecule has 1 aliphatic rings. The first-order valence-corrected chi connectivity index (χ1v) is 7.76. The highest BCUT2D eigenvalue weighted by atomic mass is 35.5. The SMILES string of the molecule is O=C(N[C@@H]1C(=O)N[C@@H]1COC(=O)OCCCl)OCc1ccccc1. The fraction of sp³-hybridized carbons (Fsp3) is 0.400. The molecule has 130 valence electrons. The Morgan fingerprint density at radius 2 is 1.92 bits per heavy atom. The number of rotatable bonds is 7. The van der Waals surface area contributed by atoms with Crippen molar-refractivity contribution in [3.05, 3.63) is 35.9 Å². The monoisotopic (exact) mass is 356 g/mol. The highest BCUT2D eigenvalue weighted by molar-refractivity contribution is 6.18. The van der Waals surface area contributed by atoms with Crippen LogP contribution in [0.1, 0.15) is 5.56 Å². The van der Waals surface area contributed by atoms with Gasteiger partial charge in [-0.15, -0.1) is 11.6 Å². The van der Waals surface area contributed by atoms with Crippen LogP contribution in [0.2, 0.25) is 0 Å². The Bertz CT molecular complexity index is 583. The number of benzene rings is 1. The highest BCUT2D eigenvalue weighted by Gasteiger charge is 2.41. The fourth-order valence-electron chi connectivity index (χ4n) is 1.96.